The van der Waals surface area contributed by atoms with E-state index < -0.39 is 0 Å². The average molecular weight is 310 g/mol. The van der Waals surface area contributed by atoms with Crippen molar-refractivity contribution in [2.45, 2.75) is 13.0 Å². The molecule has 2 rings (SSSR count). The van der Waals surface area contributed by atoms with Gasteiger partial charge in [0.1, 0.15) is 0 Å². The van der Waals surface area contributed by atoms with E-state index in [2.05, 4.69) is 15.6 Å². The predicted molar refractivity (Wildman–Crippen MR) is 81.3 cm³/mol. The molecule has 2 aromatic rings. The topological polar surface area (TPSA) is 54.0 Å². The third-order valence-electron chi connectivity index (χ3n) is 2.75. The quantitative estimate of drug-likeness (QED) is 0.889. The van der Waals surface area contributed by atoms with Crippen LogP contribution in [0, 0.1) is 0 Å². The first-order valence-corrected chi connectivity index (χ1v) is 6.75. The van der Waals surface area contributed by atoms with Gasteiger partial charge < -0.3 is 10.6 Å². The van der Waals surface area contributed by atoms with Crippen LogP contribution in [0.1, 0.15) is 18.5 Å². The fourth-order valence-corrected chi connectivity index (χ4v) is 2.04. The highest BCUT2D eigenvalue weighted by Gasteiger charge is 2.11. The van der Waals surface area contributed by atoms with E-state index in [1.54, 1.807) is 30.6 Å². The maximum Gasteiger partial charge on any atom is 0.319 e. The number of hydrogen-bond acceptors (Lipinski definition) is 2. The molecular formula is C14H13Cl2N3O. The van der Waals surface area contributed by atoms with Crippen LogP contribution < -0.4 is 10.6 Å². The van der Waals surface area contributed by atoms with Crippen LogP contribution in [-0.4, -0.2) is 11.0 Å². The van der Waals surface area contributed by atoms with E-state index in [1.165, 1.54) is 0 Å². The highest BCUT2D eigenvalue weighted by molar-refractivity contribution is 6.43. The summed E-state index contributed by atoms with van der Waals surface area (Å²) in [6, 6.07) is 8.26. The Morgan fingerprint density at radius 2 is 1.90 bits per heavy atom. The largest absolute Gasteiger partial charge is 0.331 e. The Kier molecular flexibility index (Phi) is 4.82. The summed E-state index contributed by atoms with van der Waals surface area (Å²) in [4.78, 5) is 15.9. The number of rotatable bonds is 3. The van der Waals surface area contributed by atoms with Gasteiger partial charge in [-0.3, -0.25) is 4.98 Å². The minimum atomic E-state index is -0.349. The van der Waals surface area contributed by atoms with Crippen molar-refractivity contribution < 1.29 is 4.79 Å². The van der Waals surface area contributed by atoms with Gasteiger partial charge in [-0.25, -0.2) is 4.79 Å². The second-order valence-corrected chi connectivity index (χ2v) is 4.99. The molecule has 6 heteroatoms. The van der Waals surface area contributed by atoms with Crippen molar-refractivity contribution in [2.75, 3.05) is 5.32 Å². The van der Waals surface area contributed by atoms with E-state index in [9.17, 15) is 4.79 Å². The number of hydrogen-bond donors (Lipinski definition) is 2. The van der Waals surface area contributed by atoms with Crippen LogP contribution in [0.2, 0.25) is 10.0 Å². The van der Waals surface area contributed by atoms with Gasteiger partial charge in [0, 0.05) is 12.4 Å². The van der Waals surface area contributed by atoms with Gasteiger partial charge in [-0.15, -0.1) is 0 Å². The van der Waals surface area contributed by atoms with Gasteiger partial charge in [-0.1, -0.05) is 29.3 Å². The molecule has 20 heavy (non-hydrogen) atoms. The Labute approximate surface area is 127 Å². The molecule has 0 unspecified atom stereocenters. The van der Waals surface area contributed by atoms with Gasteiger partial charge >= 0.3 is 6.03 Å². The number of urea groups is 1. The first kappa shape index (κ1) is 14.6. The normalized spacial score (nSPS) is 11.8. The van der Waals surface area contributed by atoms with Crippen molar-refractivity contribution >= 4 is 34.9 Å². The predicted octanol–water partition coefficient (Wildman–Crippen LogP) is 4.27. The Bertz CT molecular complexity index is 605. The van der Waals surface area contributed by atoms with Crippen LogP contribution in [0.5, 0.6) is 0 Å². The van der Waals surface area contributed by atoms with Crippen LogP contribution in [0.15, 0.2) is 42.7 Å². The molecule has 0 aliphatic rings. The molecule has 0 radical (unpaired) electrons. The second-order valence-electron chi connectivity index (χ2n) is 4.20. The number of amides is 2. The Morgan fingerprint density at radius 3 is 2.60 bits per heavy atom. The van der Waals surface area contributed by atoms with Gasteiger partial charge in [0.05, 0.1) is 21.8 Å². The van der Waals surface area contributed by atoms with Crippen molar-refractivity contribution in [1.29, 1.82) is 0 Å². The molecule has 1 heterocycles. The second kappa shape index (κ2) is 6.59. The average Bonchev–Trinajstić information content (AvgIpc) is 2.45. The fraction of sp³-hybridized carbons (Fsp3) is 0.143. The number of nitrogens with one attached hydrogen (secondary N) is 2. The van der Waals surface area contributed by atoms with Crippen molar-refractivity contribution in [2.24, 2.45) is 0 Å². The summed E-state index contributed by atoms with van der Waals surface area (Å²) in [5.74, 6) is 0. The Hall–Kier alpha value is -1.78. The molecule has 1 aromatic heterocycles. The monoisotopic (exact) mass is 309 g/mol. The molecule has 1 atom stereocenters. The van der Waals surface area contributed by atoms with Crippen LogP contribution in [0.25, 0.3) is 0 Å². The summed E-state index contributed by atoms with van der Waals surface area (Å²) >= 11 is 11.9. The highest BCUT2D eigenvalue weighted by atomic mass is 35.5. The molecule has 0 fully saturated rings. The lowest BCUT2D eigenvalue weighted by molar-refractivity contribution is 0.249. The molecule has 0 aliphatic carbocycles. The van der Waals surface area contributed by atoms with E-state index in [4.69, 9.17) is 23.2 Å². The number of anilines is 1. The van der Waals surface area contributed by atoms with E-state index in [1.807, 2.05) is 19.1 Å². The number of pyridine rings is 1. The smallest absolute Gasteiger partial charge is 0.319 e. The summed E-state index contributed by atoms with van der Waals surface area (Å²) in [7, 11) is 0. The zero-order chi connectivity index (χ0) is 14.5. The summed E-state index contributed by atoms with van der Waals surface area (Å²) < 4.78 is 0. The molecule has 0 aliphatic heterocycles. The number of halogens is 2. The first-order chi connectivity index (χ1) is 9.58. The van der Waals surface area contributed by atoms with E-state index in [0.29, 0.717) is 15.7 Å². The molecule has 1 aromatic carbocycles. The molecule has 0 bridgehead atoms. The van der Waals surface area contributed by atoms with E-state index in [0.717, 1.165) is 5.56 Å². The summed E-state index contributed by atoms with van der Waals surface area (Å²) in [6.07, 6.45) is 3.36. The lowest BCUT2D eigenvalue weighted by atomic mass is 10.1. The van der Waals surface area contributed by atoms with E-state index >= 15 is 0 Å². The Balaban J connectivity index is 2.01. The summed E-state index contributed by atoms with van der Waals surface area (Å²) in [5.41, 5.74) is 1.44. The van der Waals surface area contributed by atoms with Gasteiger partial charge in [0.15, 0.2) is 0 Å². The van der Waals surface area contributed by atoms with Gasteiger partial charge in [0.25, 0.3) is 0 Å². The summed E-state index contributed by atoms with van der Waals surface area (Å²) in [6.45, 7) is 1.88. The van der Waals surface area contributed by atoms with Gasteiger partial charge in [-0.2, -0.15) is 0 Å². The third-order valence-corrected chi connectivity index (χ3v) is 3.57. The lowest BCUT2D eigenvalue weighted by Gasteiger charge is -2.15. The van der Waals surface area contributed by atoms with Crippen LogP contribution >= 0.6 is 23.2 Å². The zero-order valence-corrected chi connectivity index (χ0v) is 12.2. The van der Waals surface area contributed by atoms with E-state index in [-0.39, 0.29) is 12.1 Å². The molecule has 4 nitrogen and oxygen atoms in total. The van der Waals surface area contributed by atoms with Crippen molar-refractivity contribution in [3.05, 3.63) is 58.3 Å². The maximum absolute atomic E-state index is 11.9. The van der Waals surface area contributed by atoms with Crippen LogP contribution in [0.4, 0.5) is 10.5 Å². The standard InChI is InChI=1S/C14H13Cl2N3O/c1-9(10-5-7-17-8-6-10)18-14(20)19-12-4-2-3-11(15)13(12)16/h2-9H,1H3,(H2,18,19,20)/t9-/m1/s1. The number of aromatic nitrogens is 1. The number of carbonyl (C=O) groups excluding carboxylic acids is 1. The van der Waals surface area contributed by atoms with Crippen molar-refractivity contribution in [1.82, 2.24) is 10.3 Å². The summed E-state index contributed by atoms with van der Waals surface area (Å²) in [5, 5.41) is 6.20. The highest BCUT2D eigenvalue weighted by Crippen LogP contribution is 2.29. The number of carbonyl (C=O) groups is 1. The molecule has 0 saturated heterocycles. The fourth-order valence-electron chi connectivity index (χ4n) is 1.69. The Morgan fingerprint density at radius 1 is 1.20 bits per heavy atom. The number of nitrogens with zero attached hydrogens (tertiary/aromatic N) is 1. The molecule has 0 spiro atoms. The molecule has 0 saturated carbocycles. The maximum atomic E-state index is 11.9. The van der Waals surface area contributed by atoms with Crippen molar-refractivity contribution in [3.63, 3.8) is 0 Å². The minimum Gasteiger partial charge on any atom is -0.331 e. The molecule has 2 amide bonds. The lowest BCUT2D eigenvalue weighted by Crippen LogP contribution is -2.31. The first-order valence-electron chi connectivity index (χ1n) is 5.99. The van der Waals surface area contributed by atoms with Gasteiger partial charge in [-0.05, 0) is 36.8 Å². The minimum absolute atomic E-state index is 0.143. The molecular weight excluding hydrogens is 297 g/mol. The SMILES string of the molecule is C[C@@H](NC(=O)Nc1cccc(Cl)c1Cl)c1ccncc1. The van der Waals surface area contributed by atoms with Crippen molar-refractivity contribution in [3.8, 4) is 0 Å². The third kappa shape index (κ3) is 3.62. The molecule has 104 valence electrons. The van der Waals surface area contributed by atoms with Gasteiger partial charge in [0.2, 0.25) is 0 Å². The zero-order valence-electron chi connectivity index (χ0n) is 10.7. The van der Waals surface area contributed by atoms with Crippen LogP contribution in [-0.2, 0) is 0 Å². The van der Waals surface area contributed by atoms with Crippen LogP contribution in [0.3, 0.4) is 0 Å². The number of benzene rings is 1. The molecule has 2 N–H and O–H groups in total.